The van der Waals surface area contributed by atoms with Gasteiger partial charge >= 0.3 is 77.0 Å². The van der Waals surface area contributed by atoms with Crippen molar-refractivity contribution in [1.29, 1.82) is 0 Å². The topological polar surface area (TPSA) is 107 Å². The number of carboxylic acid groups (broad SMARTS) is 1. The van der Waals surface area contributed by atoms with Crippen LogP contribution in [-0.2, 0) is 19.1 Å². The minimum absolute atomic E-state index is 0. The number of carbonyl (C=O) groups is 3. The molecular weight excluding hydrogens is 308 g/mol. The van der Waals surface area contributed by atoms with Crippen LogP contribution in [0.4, 0.5) is 0 Å². The second-order valence-electron chi connectivity index (χ2n) is 4.87. The molecule has 0 aromatic rings. The number of ether oxygens (including phenoxy) is 1. The van der Waals surface area contributed by atoms with E-state index in [1.807, 2.05) is 0 Å². The Hall–Kier alpha value is 0.570. The van der Waals surface area contributed by atoms with E-state index in [1.165, 1.54) is 19.3 Å². The maximum absolute atomic E-state index is 11.3. The predicted molar refractivity (Wildman–Crippen MR) is 88.2 cm³/mol. The van der Waals surface area contributed by atoms with E-state index >= 15 is 0 Å². The normalized spacial score (nSPS) is 10.8. The molecule has 0 amide bonds. The molecule has 120 valence electrons. The molecule has 3 N–H and O–H groups in total. The van der Waals surface area contributed by atoms with Crippen LogP contribution in [0.1, 0.15) is 64.7 Å². The van der Waals surface area contributed by atoms with Gasteiger partial charge in [-0.3, -0.25) is 9.59 Å². The van der Waals surface area contributed by atoms with E-state index < -0.39 is 30.4 Å². The fourth-order valence-electron chi connectivity index (χ4n) is 1.74. The van der Waals surface area contributed by atoms with Gasteiger partial charge in [-0.25, -0.2) is 4.79 Å². The van der Waals surface area contributed by atoms with Crippen LogP contribution in [0, 0.1) is 0 Å². The Morgan fingerprint density at radius 1 is 1.00 bits per heavy atom. The van der Waals surface area contributed by atoms with Gasteiger partial charge in [0, 0.05) is 6.42 Å². The monoisotopic (exact) mass is 335 g/mol. The van der Waals surface area contributed by atoms with Crippen molar-refractivity contribution in [1.82, 2.24) is 0 Å². The molecule has 0 bridgehead atoms. The molecule has 22 heavy (non-hydrogen) atoms. The first kappa shape index (κ1) is 27.4. The van der Waals surface area contributed by atoms with Gasteiger partial charge in [0.05, 0.1) is 6.42 Å². The van der Waals surface area contributed by atoms with Crippen LogP contribution in [0.2, 0.25) is 0 Å². The van der Waals surface area contributed by atoms with Crippen LogP contribution >= 0.6 is 0 Å². The van der Waals surface area contributed by atoms with Gasteiger partial charge in [0.15, 0.2) is 0 Å². The van der Waals surface area contributed by atoms with Gasteiger partial charge in [-0.05, 0) is 6.42 Å². The number of carbonyl (C=O) groups excluding carboxylic acids is 2. The van der Waals surface area contributed by atoms with Crippen LogP contribution < -0.4 is 5.73 Å². The van der Waals surface area contributed by atoms with Gasteiger partial charge in [0.1, 0.15) is 6.04 Å². The van der Waals surface area contributed by atoms with Gasteiger partial charge < -0.3 is 15.6 Å². The molecule has 0 aromatic carbocycles. The third-order valence-electron chi connectivity index (χ3n) is 2.90. The minimum atomic E-state index is -1.29. The number of hydrogen-bond acceptors (Lipinski definition) is 5. The second-order valence-corrected chi connectivity index (χ2v) is 4.87. The zero-order valence-electron chi connectivity index (χ0n) is 12.1. The van der Waals surface area contributed by atoms with E-state index in [0.29, 0.717) is 6.42 Å². The van der Waals surface area contributed by atoms with E-state index in [0.717, 1.165) is 19.3 Å². The summed E-state index contributed by atoms with van der Waals surface area (Å²) in [4.78, 5) is 32.9. The summed E-state index contributed by atoms with van der Waals surface area (Å²) in [6.07, 6.45) is 7.10. The van der Waals surface area contributed by atoms with E-state index in [9.17, 15) is 14.4 Å². The van der Waals surface area contributed by atoms with E-state index in [4.69, 9.17) is 10.8 Å². The van der Waals surface area contributed by atoms with Crippen molar-refractivity contribution in [2.75, 3.05) is 0 Å². The molecule has 0 aliphatic heterocycles. The number of carboxylic acids is 1. The Kier molecular flexibility index (Phi) is 22.3. The standard InChI is InChI=1S/C14H25NO5.2Na.2H/c1-2-3-4-5-6-7-8-9-13(18)20-14(19)11(15)10-12(16)17;;;;/h11H,2-10,15H2,1H3,(H,16,17);;;;. The molecule has 0 saturated heterocycles. The average Bonchev–Trinajstić information content (AvgIpc) is 2.36. The molecule has 0 aliphatic carbocycles. The summed E-state index contributed by atoms with van der Waals surface area (Å²) in [6.45, 7) is 2.15. The molecule has 0 saturated carbocycles. The molecule has 1 unspecified atom stereocenters. The van der Waals surface area contributed by atoms with Gasteiger partial charge in [0.2, 0.25) is 0 Å². The Labute approximate surface area is 176 Å². The number of unbranched alkanes of at least 4 members (excludes halogenated alkanes) is 6. The van der Waals surface area contributed by atoms with Gasteiger partial charge in [-0.2, -0.15) is 0 Å². The van der Waals surface area contributed by atoms with Crippen LogP contribution in [0.25, 0.3) is 0 Å². The van der Waals surface area contributed by atoms with Crippen molar-refractivity contribution >= 4 is 77.0 Å². The quantitative estimate of drug-likeness (QED) is 0.249. The maximum atomic E-state index is 11.3. The fourth-order valence-corrected chi connectivity index (χ4v) is 1.74. The first-order valence-electron chi connectivity index (χ1n) is 7.19. The second kappa shape index (κ2) is 17.9. The number of hydrogen-bond donors (Lipinski definition) is 2. The molecule has 0 radical (unpaired) electrons. The van der Waals surface area contributed by atoms with Crippen LogP contribution in [0.15, 0.2) is 0 Å². The average molecular weight is 335 g/mol. The summed E-state index contributed by atoms with van der Waals surface area (Å²) in [5.41, 5.74) is 5.28. The van der Waals surface area contributed by atoms with Gasteiger partial charge in [-0.15, -0.1) is 0 Å². The Bertz CT molecular complexity index is 326. The number of nitrogens with two attached hydrogens (primary N) is 1. The third kappa shape index (κ3) is 16.9. The molecule has 0 heterocycles. The predicted octanol–water partition coefficient (Wildman–Crippen LogP) is 0.702. The van der Waals surface area contributed by atoms with E-state index in [1.54, 1.807) is 0 Å². The van der Waals surface area contributed by atoms with Crippen molar-refractivity contribution in [3.63, 3.8) is 0 Å². The Morgan fingerprint density at radius 3 is 2.00 bits per heavy atom. The summed E-state index contributed by atoms with van der Waals surface area (Å²) in [6, 6.07) is -1.29. The van der Waals surface area contributed by atoms with Crippen molar-refractivity contribution in [2.24, 2.45) is 5.73 Å². The number of esters is 2. The van der Waals surface area contributed by atoms with E-state index in [2.05, 4.69) is 11.7 Å². The Morgan fingerprint density at radius 2 is 1.50 bits per heavy atom. The zero-order valence-corrected chi connectivity index (χ0v) is 12.1. The van der Waals surface area contributed by atoms with Crippen molar-refractivity contribution < 1.29 is 24.2 Å². The number of rotatable bonds is 11. The van der Waals surface area contributed by atoms with Crippen LogP contribution in [0.5, 0.6) is 0 Å². The van der Waals surface area contributed by atoms with Crippen LogP contribution in [-0.4, -0.2) is 88.2 Å². The van der Waals surface area contributed by atoms with Crippen LogP contribution in [0.3, 0.4) is 0 Å². The van der Waals surface area contributed by atoms with E-state index in [-0.39, 0.29) is 65.5 Å². The molecule has 0 fully saturated rings. The molecule has 0 aromatic heterocycles. The summed E-state index contributed by atoms with van der Waals surface area (Å²) >= 11 is 0. The first-order valence-corrected chi connectivity index (χ1v) is 7.19. The summed E-state index contributed by atoms with van der Waals surface area (Å²) < 4.78 is 4.49. The summed E-state index contributed by atoms with van der Waals surface area (Å²) in [5.74, 6) is -2.81. The third-order valence-corrected chi connectivity index (χ3v) is 2.90. The van der Waals surface area contributed by atoms with Gasteiger partial charge in [0.25, 0.3) is 0 Å². The SMILES string of the molecule is CCCCCCCCCC(=O)OC(=O)C(N)CC(=O)O.[NaH].[NaH]. The molecular formula is C14H27NNa2O5. The van der Waals surface area contributed by atoms with Gasteiger partial charge in [-0.1, -0.05) is 45.4 Å². The molecule has 8 heteroatoms. The summed E-state index contributed by atoms with van der Waals surface area (Å²) in [7, 11) is 0. The molecule has 0 aliphatic rings. The molecule has 6 nitrogen and oxygen atoms in total. The molecule has 0 rings (SSSR count). The number of aliphatic carboxylic acids is 1. The van der Waals surface area contributed by atoms with Crippen molar-refractivity contribution in [2.45, 2.75) is 70.8 Å². The first-order chi connectivity index (χ1) is 9.47. The Balaban J connectivity index is -0.00000180. The van der Waals surface area contributed by atoms with Crippen molar-refractivity contribution in [3.8, 4) is 0 Å². The zero-order chi connectivity index (χ0) is 15.4. The molecule has 1 atom stereocenters. The fraction of sp³-hybridized carbons (Fsp3) is 0.786. The molecule has 0 spiro atoms. The summed E-state index contributed by atoms with van der Waals surface area (Å²) in [5, 5.41) is 8.46. The van der Waals surface area contributed by atoms with Crippen molar-refractivity contribution in [3.05, 3.63) is 0 Å².